The first kappa shape index (κ1) is 13.3. The van der Waals surface area contributed by atoms with Crippen molar-refractivity contribution in [1.29, 1.82) is 0 Å². The van der Waals surface area contributed by atoms with Crippen LogP contribution in [0, 0.1) is 6.92 Å². The lowest BCUT2D eigenvalue weighted by atomic mass is 10.1. The number of nitrogens with zero attached hydrogens (tertiary/aromatic N) is 3. The van der Waals surface area contributed by atoms with Crippen LogP contribution in [0.3, 0.4) is 0 Å². The minimum absolute atomic E-state index is 0.116. The summed E-state index contributed by atoms with van der Waals surface area (Å²) in [5, 5.41) is 2.72. The zero-order chi connectivity index (χ0) is 14.1. The minimum Gasteiger partial charge on any atom is -0.321 e. The van der Waals surface area contributed by atoms with Gasteiger partial charge in [-0.2, -0.15) is 0 Å². The summed E-state index contributed by atoms with van der Waals surface area (Å²) < 4.78 is 2.11. The summed E-state index contributed by atoms with van der Waals surface area (Å²) in [5.74, 6) is 0.890. The number of hydrogen-bond donors (Lipinski definition) is 0. The maximum atomic E-state index is 6.22. The van der Waals surface area contributed by atoms with E-state index >= 15 is 0 Å². The van der Waals surface area contributed by atoms with E-state index in [1.807, 2.05) is 29.9 Å². The van der Waals surface area contributed by atoms with Gasteiger partial charge in [0.25, 0.3) is 0 Å². The second kappa shape index (κ2) is 5.38. The molecule has 0 saturated heterocycles. The lowest BCUT2D eigenvalue weighted by Crippen LogP contribution is -2.09. The smallest absolute Gasteiger partial charge is 0.152 e. The zero-order valence-corrected chi connectivity index (χ0v) is 12.8. The molecular weight excluding hydrogens is 290 g/mol. The fourth-order valence-corrected chi connectivity index (χ4v) is 3.33. The van der Waals surface area contributed by atoms with Crippen molar-refractivity contribution in [3.8, 4) is 10.7 Å². The van der Waals surface area contributed by atoms with Gasteiger partial charge in [-0.1, -0.05) is 11.6 Å². The average Bonchev–Trinajstić information content (AvgIpc) is 3.06. The standard InChI is InChI=1S/C15H14ClN3S/c1-10-3-5-17-13(9-10)11(2)19-7-6-18-15(19)14-12(16)4-8-20-14/h3-9,11H,1-2H3. The van der Waals surface area contributed by atoms with E-state index in [4.69, 9.17) is 11.6 Å². The molecule has 0 amide bonds. The largest absolute Gasteiger partial charge is 0.321 e. The van der Waals surface area contributed by atoms with E-state index in [1.165, 1.54) is 5.56 Å². The molecule has 3 heterocycles. The van der Waals surface area contributed by atoms with Crippen LogP contribution in [0.15, 0.2) is 42.2 Å². The Morgan fingerprint density at radius 3 is 2.80 bits per heavy atom. The Hall–Kier alpha value is -1.65. The normalized spacial score (nSPS) is 12.6. The van der Waals surface area contributed by atoms with Gasteiger partial charge in [0, 0.05) is 18.6 Å². The summed E-state index contributed by atoms with van der Waals surface area (Å²) in [6, 6.07) is 6.12. The van der Waals surface area contributed by atoms with Crippen LogP contribution >= 0.6 is 22.9 Å². The van der Waals surface area contributed by atoms with Crippen molar-refractivity contribution in [1.82, 2.24) is 14.5 Å². The summed E-state index contributed by atoms with van der Waals surface area (Å²) in [6.45, 7) is 4.19. The van der Waals surface area contributed by atoms with Crippen molar-refractivity contribution in [2.24, 2.45) is 0 Å². The third-order valence-corrected chi connectivity index (χ3v) is 4.61. The second-order valence-electron chi connectivity index (χ2n) is 4.69. The van der Waals surface area contributed by atoms with E-state index in [0.29, 0.717) is 0 Å². The van der Waals surface area contributed by atoms with Crippen LogP contribution in [0.25, 0.3) is 10.7 Å². The number of aryl methyl sites for hydroxylation is 1. The summed E-state index contributed by atoms with van der Waals surface area (Å²) in [5.41, 5.74) is 2.23. The molecule has 0 spiro atoms. The molecule has 3 rings (SSSR count). The van der Waals surface area contributed by atoms with Gasteiger partial charge in [0.15, 0.2) is 5.82 Å². The first-order chi connectivity index (χ1) is 9.66. The highest BCUT2D eigenvalue weighted by Crippen LogP contribution is 2.34. The molecule has 0 saturated carbocycles. The topological polar surface area (TPSA) is 30.7 Å². The van der Waals surface area contributed by atoms with E-state index in [9.17, 15) is 0 Å². The predicted molar refractivity (Wildman–Crippen MR) is 83.3 cm³/mol. The molecule has 0 aliphatic carbocycles. The Labute approximate surface area is 126 Å². The van der Waals surface area contributed by atoms with Crippen LogP contribution in [-0.2, 0) is 0 Å². The lowest BCUT2D eigenvalue weighted by Gasteiger charge is -2.16. The fourth-order valence-electron chi connectivity index (χ4n) is 2.19. The molecule has 0 fully saturated rings. The SMILES string of the molecule is Cc1ccnc(C(C)n2ccnc2-c2sccc2Cl)c1. The van der Waals surface area contributed by atoms with Gasteiger partial charge < -0.3 is 4.57 Å². The van der Waals surface area contributed by atoms with Crippen LogP contribution in [0.5, 0.6) is 0 Å². The minimum atomic E-state index is 0.116. The molecule has 0 aliphatic heterocycles. The fraction of sp³-hybridized carbons (Fsp3) is 0.200. The number of aromatic nitrogens is 3. The summed E-state index contributed by atoms with van der Waals surface area (Å²) in [4.78, 5) is 9.91. The number of pyridine rings is 1. The highest BCUT2D eigenvalue weighted by molar-refractivity contribution is 7.14. The van der Waals surface area contributed by atoms with Crippen molar-refractivity contribution >= 4 is 22.9 Å². The molecule has 1 unspecified atom stereocenters. The molecule has 1 atom stereocenters. The number of rotatable bonds is 3. The van der Waals surface area contributed by atoms with Crippen LogP contribution < -0.4 is 0 Å². The Balaban J connectivity index is 2.04. The summed E-state index contributed by atoms with van der Waals surface area (Å²) in [6.07, 6.45) is 5.62. The zero-order valence-electron chi connectivity index (χ0n) is 11.2. The highest BCUT2D eigenvalue weighted by Gasteiger charge is 2.17. The third-order valence-electron chi connectivity index (χ3n) is 3.27. The molecular formula is C15H14ClN3S. The Bertz CT molecular complexity index is 732. The average molecular weight is 304 g/mol. The molecule has 102 valence electrons. The summed E-state index contributed by atoms with van der Waals surface area (Å²) >= 11 is 7.82. The van der Waals surface area contributed by atoms with Crippen molar-refractivity contribution in [3.05, 3.63) is 58.4 Å². The van der Waals surface area contributed by atoms with E-state index in [-0.39, 0.29) is 6.04 Å². The van der Waals surface area contributed by atoms with Crippen LogP contribution in [0.2, 0.25) is 5.02 Å². The number of halogens is 1. The second-order valence-corrected chi connectivity index (χ2v) is 6.01. The quantitative estimate of drug-likeness (QED) is 0.709. The molecule has 5 heteroatoms. The van der Waals surface area contributed by atoms with Gasteiger partial charge in [0.2, 0.25) is 0 Å². The highest BCUT2D eigenvalue weighted by atomic mass is 35.5. The van der Waals surface area contributed by atoms with Crippen molar-refractivity contribution in [2.75, 3.05) is 0 Å². The van der Waals surface area contributed by atoms with Gasteiger partial charge in [-0.25, -0.2) is 4.98 Å². The summed E-state index contributed by atoms with van der Waals surface area (Å²) in [7, 11) is 0. The number of thiophene rings is 1. The first-order valence-corrected chi connectivity index (χ1v) is 7.61. The monoisotopic (exact) mass is 303 g/mol. The van der Waals surface area contributed by atoms with E-state index < -0.39 is 0 Å². The molecule has 0 aliphatic rings. The maximum Gasteiger partial charge on any atom is 0.152 e. The van der Waals surface area contributed by atoms with Crippen molar-refractivity contribution < 1.29 is 0 Å². The maximum absolute atomic E-state index is 6.22. The predicted octanol–water partition coefficient (Wildman–Crippen LogP) is 4.58. The van der Waals surface area contributed by atoms with Crippen molar-refractivity contribution in [3.63, 3.8) is 0 Å². The molecule has 0 bridgehead atoms. The molecule has 20 heavy (non-hydrogen) atoms. The molecule has 0 N–H and O–H groups in total. The Morgan fingerprint density at radius 1 is 1.25 bits per heavy atom. The van der Waals surface area contributed by atoms with Crippen molar-refractivity contribution in [2.45, 2.75) is 19.9 Å². The van der Waals surface area contributed by atoms with Gasteiger partial charge in [-0.15, -0.1) is 11.3 Å². The number of imidazole rings is 1. The molecule has 3 nitrogen and oxygen atoms in total. The van der Waals surface area contributed by atoms with Crippen LogP contribution in [0.4, 0.5) is 0 Å². The lowest BCUT2D eigenvalue weighted by molar-refractivity contribution is 0.627. The number of hydrogen-bond acceptors (Lipinski definition) is 3. The van der Waals surface area contributed by atoms with Gasteiger partial charge in [-0.05, 0) is 43.0 Å². The molecule has 3 aromatic heterocycles. The van der Waals surface area contributed by atoms with E-state index in [2.05, 4.69) is 34.4 Å². The van der Waals surface area contributed by atoms with Gasteiger partial charge in [0.1, 0.15) is 0 Å². The van der Waals surface area contributed by atoms with Gasteiger partial charge in [0.05, 0.1) is 21.6 Å². The van der Waals surface area contributed by atoms with Gasteiger partial charge in [-0.3, -0.25) is 4.98 Å². The van der Waals surface area contributed by atoms with E-state index in [0.717, 1.165) is 21.4 Å². The molecule has 0 aromatic carbocycles. The Kier molecular flexibility index (Phi) is 3.59. The Morgan fingerprint density at radius 2 is 2.10 bits per heavy atom. The third kappa shape index (κ3) is 2.37. The first-order valence-electron chi connectivity index (χ1n) is 6.35. The van der Waals surface area contributed by atoms with E-state index in [1.54, 1.807) is 17.5 Å². The molecule has 0 radical (unpaired) electrons. The molecule has 3 aromatic rings. The van der Waals surface area contributed by atoms with Crippen LogP contribution in [-0.4, -0.2) is 14.5 Å². The van der Waals surface area contributed by atoms with Crippen LogP contribution in [0.1, 0.15) is 24.2 Å². The van der Waals surface area contributed by atoms with Gasteiger partial charge >= 0.3 is 0 Å².